The minimum atomic E-state index is -0.0861. The maximum Gasteiger partial charge on any atom is 0.250 e. The van der Waals surface area contributed by atoms with Crippen LogP contribution in [0.3, 0.4) is 0 Å². The molecule has 1 atom stereocenters. The van der Waals surface area contributed by atoms with E-state index in [0.29, 0.717) is 11.7 Å². The van der Waals surface area contributed by atoms with E-state index < -0.39 is 0 Å². The molecule has 1 saturated heterocycles. The molecular formula is C17H19N5O3S. The van der Waals surface area contributed by atoms with Gasteiger partial charge in [-0.15, -0.1) is 0 Å². The molecule has 9 heteroatoms. The topological polar surface area (TPSA) is 82.4 Å². The molecule has 8 nitrogen and oxygen atoms in total. The third-order valence-corrected chi connectivity index (χ3v) is 5.35. The summed E-state index contributed by atoms with van der Waals surface area (Å²) in [6, 6.07) is 5.73. The Balaban J connectivity index is 1.63. The summed E-state index contributed by atoms with van der Waals surface area (Å²) < 4.78 is 13.5. The van der Waals surface area contributed by atoms with Crippen LogP contribution in [0.4, 0.5) is 5.13 Å². The highest BCUT2D eigenvalue weighted by atomic mass is 32.1. The highest BCUT2D eigenvalue weighted by molar-refractivity contribution is 7.22. The van der Waals surface area contributed by atoms with Crippen molar-refractivity contribution in [2.24, 2.45) is 0 Å². The number of carbonyl (C=O) groups is 1. The van der Waals surface area contributed by atoms with Crippen molar-refractivity contribution in [2.75, 3.05) is 25.2 Å². The third kappa shape index (κ3) is 3.54. The van der Waals surface area contributed by atoms with Crippen molar-refractivity contribution in [3.8, 4) is 5.75 Å². The van der Waals surface area contributed by atoms with Crippen LogP contribution in [0.2, 0.25) is 0 Å². The molecule has 1 unspecified atom stereocenters. The molecule has 1 aliphatic rings. The Bertz CT molecular complexity index is 889. The zero-order chi connectivity index (χ0) is 17.9. The summed E-state index contributed by atoms with van der Waals surface area (Å²) >= 11 is 1.49. The molecule has 0 spiro atoms. The van der Waals surface area contributed by atoms with E-state index in [1.54, 1.807) is 12.0 Å². The first-order valence-corrected chi connectivity index (χ1v) is 9.23. The van der Waals surface area contributed by atoms with Crippen molar-refractivity contribution < 1.29 is 14.3 Å². The largest absolute Gasteiger partial charge is 0.497 e. The molecule has 0 aliphatic carbocycles. The molecule has 0 bridgehead atoms. The van der Waals surface area contributed by atoms with Crippen molar-refractivity contribution in [2.45, 2.75) is 25.5 Å². The predicted molar refractivity (Wildman–Crippen MR) is 97.5 cm³/mol. The number of benzene rings is 1. The molecule has 3 heterocycles. The van der Waals surface area contributed by atoms with E-state index >= 15 is 0 Å². The fourth-order valence-electron chi connectivity index (χ4n) is 2.95. The number of hydrogen-bond donors (Lipinski definition) is 0. The van der Waals surface area contributed by atoms with Gasteiger partial charge in [0.1, 0.15) is 24.9 Å². The van der Waals surface area contributed by atoms with Gasteiger partial charge in [0.25, 0.3) is 5.91 Å². The van der Waals surface area contributed by atoms with E-state index in [2.05, 4.69) is 15.1 Å². The Morgan fingerprint density at radius 2 is 2.42 bits per heavy atom. The first kappa shape index (κ1) is 16.9. The van der Waals surface area contributed by atoms with Crippen LogP contribution in [0.25, 0.3) is 10.2 Å². The zero-order valence-corrected chi connectivity index (χ0v) is 15.2. The first-order valence-electron chi connectivity index (χ1n) is 8.42. The second-order valence-electron chi connectivity index (χ2n) is 6.06. The molecule has 0 N–H and O–H groups in total. The van der Waals surface area contributed by atoms with Gasteiger partial charge in [-0.1, -0.05) is 11.3 Å². The molecule has 1 amide bonds. The molecule has 1 fully saturated rings. The summed E-state index contributed by atoms with van der Waals surface area (Å²) in [7, 11) is 1.62. The first-order chi connectivity index (χ1) is 12.7. The Morgan fingerprint density at radius 1 is 1.50 bits per heavy atom. The summed E-state index contributed by atoms with van der Waals surface area (Å²) in [5.74, 6) is 0.658. The molecule has 0 saturated carbocycles. The lowest BCUT2D eigenvalue weighted by Crippen LogP contribution is -2.39. The van der Waals surface area contributed by atoms with Crippen LogP contribution in [0, 0.1) is 0 Å². The summed E-state index contributed by atoms with van der Waals surface area (Å²) in [5.41, 5.74) is 0.815. The van der Waals surface area contributed by atoms with Crippen molar-refractivity contribution in [3.05, 3.63) is 30.9 Å². The lowest BCUT2D eigenvalue weighted by Gasteiger charge is -2.22. The second kappa shape index (κ2) is 7.38. The smallest absolute Gasteiger partial charge is 0.250 e. The van der Waals surface area contributed by atoms with Crippen LogP contribution >= 0.6 is 11.3 Å². The van der Waals surface area contributed by atoms with Gasteiger partial charge in [-0.3, -0.25) is 9.69 Å². The van der Waals surface area contributed by atoms with Crippen molar-refractivity contribution in [1.29, 1.82) is 0 Å². The van der Waals surface area contributed by atoms with Gasteiger partial charge in [0.15, 0.2) is 5.13 Å². The van der Waals surface area contributed by atoms with Crippen LogP contribution < -0.4 is 9.64 Å². The number of methoxy groups -OCH3 is 1. The van der Waals surface area contributed by atoms with E-state index in [4.69, 9.17) is 9.47 Å². The van der Waals surface area contributed by atoms with Crippen molar-refractivity contribution in [3.63, 3.8) is 0 Å². The molecule has 2 aromatic heterocycles. The van der Waals surface area contributed by atoms with Gasteiger partial charge in [0.2, 0.25) is 0 Å². The van der Waals surface area contributed by atoms with Crippen molar-refractivity contribution in [1.82, 2.24) is 19.7 Å². The zero-order valence-electron chi connectivity index (χ0n) is 14.4. The van der Waals surface area contributed by atoms with Crippen molar-refractivity contribution >= 4 is 32.6 Å². The molecular weight excluding hydrogens is 354 g/mol. The average molecular weight is 373 g/mol. The quantitative estimate of drug-likeness (QED) is 0.658. The van der Waals surface area contributed by atoms with Crippen LogP contribution in [0.15, 0.2) is 30.9 Å². The summed E-state index contributed by atoms with van der Waals surface area (Å²) in [6.45, 7) is 1.35. The van der Waals surface area contributed by atoms with Gasteiger partial charge in [-0.2, -0.15) is 5.10 Å². The lowest BCUT2D eigenvalue weighted by atomic mass is 10.2. The Morgan fingerprint density at radius 3 is 3.15 bits per heavy atom. The summed E-state index contributed by atoms with van der Waals surface area (Å²) in [5, 5.41) is 4.68. The third-order valence-electron chi connectivity index (χ3n) is 4.29. The standard InChI is InChI=1S/C17H19N5O3S/c1-24-12-4-5-15-14(7-12)20-17(26-15)22(8-13-3-2-6-25-13)16(23)9-21-11-18-10-19-21/h4-5,7,10-11,13H,2-3,6,8-9H2,1H3. The fraction of sp³-hybridized carbons (Fsp3) is 0.412. The number of hydrogen-bond acceptors (Lipinski definition) is 7. The Hall–Kier alpha value is -2.52. The number of carbonyl (C=O) groups excluding carboxylic acids is 1. The van der Waals surface area contributed by atoms with Crippen LogP contribution in [0.1, 0.15) is 12.8 Å². The van der Waals surface area contributed by atoms with E-state index in [9.17, 15) is 4.79 Å². The van der Waals surface area contributed by atoms with Crippen LogP contribution in [0.5, 0.6) is 5.75 Å². The van der Waals surface area contributed by atoms with Gasteiger partial charge >= 0.3 is 0 Å². The number of amides is 1. The Kier molecular flexibility index (Phi) is 4.81. The molecule has 4 rings (SSSR count). The van der Waals surface area contributed by atoms with Crippen LogP contribution in [-0.2, 0) is 16.1 Å². The summed E-state index contributed by atoms with van der Waals surface area (Å²) in [6.07, 6.45) is 4.96. The lowest BCUT2D eigenvalue weighted by molar-refractivity contribution is -0.119. The SMILES string of the molecule is COc1ccc2sc(N(CC3CCCO3)C(=O)Cn3cncn3)nc2c1. The number of thiazole rings is 1. The monoisotopic (exact) mass is 373 g/mol. The van der Waals surface area contributed by atoms with Gasteiger partial charge in [0, 0.05) is 12.7 Å². The van der Waals surface area contributed by atoms with E-state index in [0.717, 1.165) is 35.4 Å². The number of fused-ring (bicyclic) bond motifs is 1. The van der Waals surface area contributed by atoms with Gasteiger partial charge in [-0.25, -0.2) is 14.6 Å². The van der Waals surface area contributed by atoms with E-state index in [1.165, 1.54) is 28.7 Å². The van der Waals surface area contributed by atoms with Crippen LogP contribution in [-0.4, -0.2) is 52.0 Å². The molecule has 1 aromatic carbocycles. The minimum absolute atomic E-state index is 0.0382. The molecule has 136 valence electrons. The van der Waals surface area contributed by atoms with E-state index in [1.807, 2.05) is 18.2 Å². The van der Waals surface area contributed by atoms with Gasteiger partial charge < -0.3 is 9.47 Å². The van der Waals surface area contributed by atoms with Gasteiger partial charge in [0.05, 0.1) is 30.0 Å². The second-order valence-corrected chi connectivity index (χ2v) is 7.07. The predicted octanol–water partition coefficient (Wildman–Crippen LogP) is 2.11. The minimum Gasteiger partial charge on any atom is -0.497 e. The van der Waals surface area contributed by atoms with Gasteiger partial charge in [-0.05, 0) is 25.0 Å². The highest BCUT2D eigenvalue weighted by Crippen LogP contribution is 2.32. The highest BCUT2D eigenvalue weighted by Gasteiger charge is 2.26. The molecule has 0 radical (unpaired) electrons. The number of aromatic nitrogens is 4. The maximum atomic E-state index is 12.9. The molecule has 1 aliphatic heterocycles. The fourth-order valence-corrected chi connectivity index (χ4v) is 3.93. The maximum absolute atomic E-state index is 12.9. The normalized spacial score (nSPS) is 16.9. The summed E-state index contributed by atoms with van der Waals surface area (Å²) in [4.78, 5) is 23.2. The Labute approximate surface area is 154 Å². The molecule has 26 heavy (non-hydrogen) atoms. The molecule has 3 aromatic rings. The van der Waals surface area contributed by atoms with E-state index in [-0.39, 0.29) is 18.6 Å². The average Bonchev–Trinajstić information content (AvgIpc) is 3.39. The number of rotatable bonds is 6. The number of ether oxygens (including phenoxy) is 2. The number of nitrogens with zero attached hydrogens (tertiary/aromatic N) is 5. The number of anilines is 1.